The van der Waals surface area contributed by atoms with E-state index in [0.717, 1.165) is 6.92 Å². The highest BCUT2D eigenvalue weighted by Gasteiger charge is 2.27. The largest absolute Gasteiger partial charge is 0.480 e. The van der Waals surface area contributed by atoms with Crippen molar-refractivity contribution in [2.45, 2.75) is 12.2 Å². The zero-order valence-corrected chi connectivity index (χ0v) is 10.4. The van der Waals surface area contributed by atoms with E-state index in [9.17, 15) is 13.2 Å². The maximum absolute atomic E-state index is 11.6. The number of hydrogen-bond acceptors (Lipinski definition) is 4. The maximum Gasteiger partial charge on any atom is 0.323 e. The molecular weight excluding hydrogens is 268 g/mol. The molecule has 0 bridgehead atoms. The van der Waals surface area contributed by atoms with Crippen LogP contribution in [0.25, 0.3) is 0 Å². The number of halogens is 1. The van der Waals surface area contributed by atoms with E-state index < -0.39 is 21.2 Å². The third-order valence-electron chi connectivity index (χ3n) is 2.07. The zero-order chi connectivity index (χ0) is 13.2. The lowest BCUT2D eigenvalue weighted by atomic mass is 10.3. The van der Waals surface area contributed by atoms with Crippen molar-refractivity contribution in [1.29, 1.82) is 0 Å². The molecule has 94 valence electrons. The van der Waals surface area contributed by atoms with Crippen molar-refractivity contribution in [2.75, 3.05) is 10.5 Å². The van der Waals surface area contributed by atoms with Gasteiger partial charge in [-0.2, -0.15) is 0 Å². The van der Waals surface area contributed by atoms with Crippen molar-refractivity contribution in [3.05, 3.63) is 23.2 Å². The van der Waals surface area contributed by atoms with Gasteiger partial charge in [0.25, 0.3) is 0 Å². The van der Waals surface area contributed by atoms with E-state index >= 15 is 0 Å². The van der Waals surface area contributed by atoms with Crippen molar-refractivity contribution in [1.82, 2.24) is 0 Å². The number of nitrogen functional groups attached to an aromatic ring is 1. The molecule has 0 saturated carbocycles. The van der Waals surface area contributed by atoms with E-state index in [4.69, 9.17) is 22.4 Å². The van der Waals surface area contributed by atoms with Crippen LogP contribution in [-0.4, -0.2) is 24.7 Å². The van der Waals surface area contributed by atoms with Gasteiger partial charge >= 0.3 is 5.97 Å². The highest BCUT2D eigenvalue weighted by Crippen LogP contribution is 2.23. The number of rotatable bonds is 4. The number of carboxylic acid groups (broad SMARTS) is 1. The van der Waals surface area contributed by atoms with Crippen molar-refractivity contribution in [3.8, 4) is 0 Å². The summed E-state index contributed by atoms with van der Waals surface area (Å²) >= 11 is 5.71. The Bertz CT molecular complexity index is 544. The first-order valence-electron chi connectivity index (χ1n) is 4.53. The van der Waals surface area contributed by atoms with Gasteiger partial charge in [0.05, 0.1) is 16.4 Å². The van der Waals surface area contributed by atoms with Crippen LogP contribution in [0.2, 0.25) is 5.02 Å². The normalized spacial score (nSPS) is 13.1. The first kappa shape index (κ1) is 13.6. The second-order valence-electron chi connectivity index (χ2n) is 3.36. The summed E-state index contributed by atoms with van der Waals surface area (Å²) in [5.41, 5.74) is 5.93. The summed E-state index contributed by atoms with van der Waals surface area (Å²) in [6, 6.07) is 4.13. The number of sulfonamides is 1. The summed E-state index contributed by atoms with van der Waals surface area (Å²) in [5.74, 6) is -1.43. The quantitative estimate of drug-likeness (QED) is 0.715. The Kier molecular flexibility index (Phi) is 3.84. The number of carboxylic acids is 1. The summed E-state index contributed by atoms with van der Waals surface area (Å²) in [6.45, 7) is 1.07. The van der Waals surface area contributed by atoms with Gasteiger partial charge in [-0.1, -0.05) is 11.6 Å². The summed E-state index contributed by atoms with van der Waals surface area (Å²) in [7, 11) is -3.99. The second kappa shape index (κ2) is 4.80. The molecule has 17 heavy (non-hydrogen) atoms. The van der Waals surface area contributed by atoms with Gasteiger partial charge in [0.1, 0.15) is 0 Å². The molecular formula is C9H11ClN2O4S. The number of hydrogen-bond donors (Lipinski definition) is 3. The van der Waals surface area contributed by atoms with Gasteiger partial charge in [0.2, 0.25) is 10.0 Å². The van der Waals surface area contributed by atoms with Gasteiger partial charge in [-0.05, 0) is 25.1 Å². The van der Waals surface area contributed by atoms with Crippen LogP contribution in [0.3, 0.4) is 0 Å². The number of benzene rings is 1. The van der Waals surface area contributed by atoms with Crippen LogP contribution < -0.4 is 10.5 Å². The Balaban J connectivity index is 2.98. The summed E-state index contributed by atoms with van der Waals surface area (Å²) < 4.78 is 25.3. The Morgan fingerprint density at radius 2 is 2.12 bits per heavy atom. The highest BCUT2D eigenvalue weighted by molar-refractivity contribution is 7.94. The van der Waals surface area contributed by atoms with E-state index in [2.05, 4.69) is 4.72 Å². The van der Waals surface area contributed by atoms with Gasteiger partial charge in [-0.3, -0.25) is 9.52 Å². The first-order valence-corrected chi connectivity index (χ1v) is 6.46. The third-order valence-corrected chi connectivity index (χ3v) is 4.05. The van der Waals surface area contributed by atoms with Gasteiger partial charge in [-0.15, -0.1) is 0 Å². The minimum absolute atomic E-state index is 0.164. The van der Waals surface area contributed by atoms with Crippen molar-refractivity contribution >= 4 is 39.0 Å². The van der Waals surface area contributed by atoms with Gasteiger partial charge in [0, 0.05) is 0 Å². The minimum atomic E-state index is -3.99. The predicted molar refractivity (Wildman–Crippen MR) is 65.5 cm³/mol. The molecule has 0 fully saturated rings. The number of anilines is 2. The Morgan fingerprint density at radius 1 is 1.53 bits per heavy atom. The Labute approximate surface area is 103 Å². The second-order valence-corrected chi connectivity index (χ2v) is 5.77. The lowest BCUT2D eigenvalue weighted by Gasteiger charge is -2.11. The fraction of sp³-hybridized carbons (Fsp3) is 0.222. The molecule has 0 heterocycles. The van der Waals surface area contributed by atoms with Crippen LogP contribution in [0, 0.1) is 0 Å². The molecule has 0 spiro atoms. The smallest absolute Gasteiger partial charge is 0.323 e. The van der Waals surface area contributed by atoms with Crippen molar-refractivity contribution in [2.24, 2.45) is 0 Å². The maximum atomic E-state index is 11.6. The molecule has 0 radical (unpaired) electrons. The molecule has 0 aliphatic heterocycles. The van der Waals surface area contributed by atoms with Crippen molar-refractivity contribution < 1.29 is 18.3 Å². The van der Waals surface area contributed by atoms with Crippen LogP contribution in [0.1, 0.15) is 6.92 Å². The fourth-order valence-corrected chi connectivity index (χ4v) is 2.05. The van der Waals surface area contributed by atoms with E-state index in [0.29, 0.717) is 5.69 Å². The van der Waals surface area contributed by atoms with Crippen LogP contribution in [0.5, 0.6) is 0 Å². The molecule has 1 aromatic carbocycles. The molecule has 4 N–H and O–H groups in total. The van der Waals surface area contributed by atoms with Crippen LogP contribution in [0.15, 0.2) is 18.2 Å². The monoisotopic (exact) mass is 278 g/mol. The molecule has 8 heteroatoms. The molecule has 1 unspecified atom stereocenters. The van der Waals surface area contributed by atoms with Crippen molar-refractivity contribution in [3.63, 3.8) is 0 Å². The molecule has 0 aromatic heterocycles. The molecule has 1 aromatic rings. The lowest BCUT2D eigenvalue weighted by Crippen LogP contribution is -2.32. The zero-order valence-electron chi connectivity index (χ0n) is 8.84. The lowest BCUT2D eigenvalue weighted by molar-refractivity contribution is -0.136. The van der Waals surface area contributed by atoms with Crippen LogP contribution in [-0.2, 0) is 14.8 Å². The fourth-order valence-electron chi connectivity index (χ4n) is 0.976. The Hall–Kier alpha value is -1.47. The third kappa shape index (κ3) is 3.24. The summed E-state index contributed by atoms with van der Waals surface area (Å²) in [4.78, 5) is 10.6. The van der Waals surface area contributed by atoms with Gasteiger partial charge < -0.3 is 10.8 Å². The predicted octanol–water partition coefficient (Wildman–Crippen LogP) is 1.14. The average molecular weight is 279 g/mol. The number of aliphatic carboxylic acids is 1. The summed E-state index contributed by atoms with van der Waals surface area (Å²) in [5, 5.41) is 7.26. The average Bonchev–Trinajstić information content (AvgIpc) is 2.22. The number of carbonyl (C=O) groups is 1. The van der Waals surface area contributed by atoms with Gasteiger partial charge in [0.15, 0.2) is 5.25 Å². The SMILES string of the molecule is CC(C(=O)O)S(=O)(=O)Nc1ccc(N)c(Cl)c1. The van der Waals surface area contributed by atoms with E-state index in [1.54, 1.807) is 0 Å². The molecule has 1 atom stereocenters. The van der Waals surface area contributed by atoms with Crippen LogP contribution in [0.4, 0.5) is 11.4 Å². The van der Waals surface area contributed by atoms with Gasteiger partial charge in [-0.25, -0.2) is 8.42 Å². The molecule has 0 saturated heterocycles. The molecule has 1 rings (SSSR count). The molecule has 6 nitrogen and oxygen atoms in total. The number of nitrogens with one attached hydrogen (secondary N) is 1. The topological polar surface area (TPSA) is 109 Å². The first-order chi connectivity index (χ1) is 7.74. The van der Waals surface area contributed by atoms with E-state index in [-0.39, 0.29) is 10.7 Å². The molecule has 0 aliphatic rings. The number of nitrogens with two attached hydrogens (primary N) is 1. The standard InChI is InChI=1S/C9H11ClN2O4S/c1-5(9(13)14)17(15,16)12-6-2-3-8(11)7(10)4-6/h2-5,12H,11H2,1H3,(H,13,14). The van der Waals surface area contributed by atoms with E-state index in [1.807, 2.05) is 0 Å². The minimum Gasteiger partial charge on any atom is -0.480 e. The summed E-state index contributed by atoms with van der Waals surface area (Å²) in [6.07, 6.45) is 0. The molecule has 0 amide bonds. The Morgan fingerprint density at radius 3 is 2.59 bits per heavy atom. The van der Waals surface area contributed by atoms with Crippen LogP contribution >= 0.6 is 11.6 Å². The molecule has 0 aliphatic carbocycles. The highest BCUT2D eigenvalue weighted by atomic mass is 35.5. The van der Waals surface area contributed by atoms with E-state index in [1.165, 1.54) is 18.2 Å².